The average Bonchev–Trinajstić information content (AvgIpc) is 3.74. The molecule has 0 fully saturated rings. The Kier molecular flexibility index (Phi) is 6.65. The summed E-state index contributed by atoms with van der Waals surface area (Å²) >= 11 is 0. The van der Waals surface area contributed by atoms with Crippen molar-refractivity contribution in [3.05, 3.63) is 182 Å². The topological polar surface area (TPSA) is 44.1 Å². The van der Waals surface area contributed by atoms with Gasteiger partial charge in [-0.2, -0.15) is 0 Å². The number of para-hydroxylation sites is 3. The first kappa shape index (κ1) is 29.1. The molecule has 0 bridgehead atoms. The van der Waals surface area contributed by atoms with Crippen LogP contribution in [0.4, 0.5) is 5.69 Å². The molecule has 0 saturated carbocycles. The molecule has 8 aromatic carbocycles. The number of nitrogens with zero attached hydrogens (tertiary/aromatic N) is 1. The molecule has 10 rings (SSSR count). The summed E-state index contributed by atoms with van der Waals surface area (Å²) in [5.41, 5.74) is 21.3. The molecule has 0 radical (unpaired) electrons. The van der Waals surface area contributed by atoms with Crippen molar-refractivity contribution in [2.75, 3.05) is 5.73 Å². The Morgan fingerprint density at radius 1 is 0.373 bits per heavy atom. The highest BCUT2D eigenvalue weighted by molar-refractivity contribution is 6.12. The molecule has 0 aliphatic heterocycles. The number of benzene rings is 8. The van der Waals surface area contributed by atoms with E-state index in [9.17, 15) is 0 Å². The van der Waals surface area contributed by atoms with Crippen LogP contribution >= 0.6 is 0 Å². The van der Waals surface area contributed by atoms with Gasteiger partial charge in [0.2, 0.25) is 0 Å². The molecule has 0 saturated heterocycles. The Bertz CT molecular complexity index is 2880. The van der Waals surface area contributed by atoms with Crippen LogP contribution in [0.2, 0.25) is 0 Å². The molecule has 10 aromatic rings. The Morgan fingerprint density at radius 3 is 1.49 bits per heavy atom. The van der Waals surface area contributed by atoms with Crippen molar-refractivity contribution in [3.8, 4) is 50.2 Å². The first-order valence-corrected chi connectivity index (χ1v) is 17.3. The molecule has 2 N–H and O–H groups in total. The standard InChI is InChI=1S/C48H32N2O/c49-38-25-21-32(22-26-38)31-13-15-33(16-14-31)36-23-27-45-43(29-36)44-30-37(24-28-46(44)50(45)39-7-2-1-3-8-39)34-17-19-35(20-18-34)40-10-6-11-42-41-9-4-5-12-47(41)51-48(40)42/h1-30H,49H2. The highest BCUT2D eigenvalue weighted by Gasteiger charge is 2.16. The molecule has 0 atom stereocenters. The van der Waals surface area contributed by atoms with Gasteiger partial charge in [0.05, 0.1) is 11.0 Å². The van der Waals surface area contributed by atoms with E-state index in [1.807, 2.05) is 24.3 Å². The van der Waals surface area contributed by atoms with E-state index in [1.165, 1.54) is 49.6 Å². The molecule has 51 heavy (non-hydrogen) atoms. The Morgan fingerprint density at radius 2 is 0.863 bits per heavy atom. The third-order valence-corrected chi connectivity index (χ3v) is 10.2. The summed E-state index contributed by atoms with van der Waals surface area (Å²) in [5, 5.41) is 4.74. The van der Waals surface area contributed by atoms with E-state index in [0.717, 1.165) is 50.0 Å². The molecule has 2 heterocycles. The number of hydrogen-bond acceptors (Lipinski definition) is 2. The monoisotopic (exact) mass is 652 g/mol. The lowest BCUT2D eigenvalue weighted by Gasteiger charge is -2.09. The van der Waals surface area contributed by atoms with Gasteiger partial charge in [0.1, 0.15) is 11.2 Å². The van der Waals surface area contributed by atoms with Gasteiger partial charge < -0.3 is 14.7 Å². The molecule has 3 nitrogen and oxygen atoms in total. The maximum absolute atomic E-state index is 6.35. The van der Waals surface area contributed by atoms with Gasteiger partial charge in [0.15, 0.2) is 0 Å². The minimum Gasteiger partial charge on any atom is -0.455 e. The van der Waals surface area contributed by atoms with Crippen LogP contribution in [-0.4, -0.2) is 4.57 Å². The van der Waals surface area contributed by atoms with E-state index in [2.05, 4.69) is 162 Å². The number of furan rings is 1. The van der Waals surface area contributed by atoms with Gasteiger partial charge in [-0.3, -0.25) is 0 Å². The third kappa shape index (κ3) is 4.90. The second kappa shape index (κ2) is 11.6. The van der Waals surface area contributed by atoms with Crippen molar-refractivity contribution in [2.45, 2.75) is 0 Å². The number of aromatic nitrogens is 1. The molecule has 0 aliphatic carbocycles. The summed E-state index contributed by atoms with van der Waals surface area (Å²) in [7, 11) is 0. The predicted octanol–water partition coefficient (Wildman–Crippen LogP) is 12.9. The second-order valence-electron chi connectivity index (χ2n) is 13.2. The highest BCUT2D eigenvalue weighted by Crippen LogP contribution is 2.39. The lowest BCUT2D eigenvalue weighted by atomic mass is 9.97. The van der Waals surface area contributed by atoms with Crippen molar-refractivity contribution >= 4 is 49.4 Å². The molecule has 2 aromatic heterocycles. The number of fused-ring (bicyclic) bond motifs is 6. The normalized spacial score (nSPS) is 11.6. The fraction of sp³-hybridized carbons (Fsp3) is 0. The summed E-state index contributed by atoms with van der Waals surface area (Å²) < 4.78 is 8.72. The summed E-state index contributed by atoms with van der Waals surface area (Å²) in [5.74, 6) is 0. The van der Waals surface area contributed by atoms with Gasteiger partial charge in [-0.25, -0.2) is 0 Å². The fourth-order valence-electron chi connectivity index (χ4n) is 7.59. The molecule has 0 aliphatic rings. The van der Waals surface area contributed by atoms with Crippen LogP contribution in [0, 0.1) is 0 Å². The first-order chi connectivity index (χ1) is 25.2. The van der Waals surface area contributed by atoms with Crippen molar-refractivity contribution in [2.24, 2.45) is 0 Å². The number of hydrogen-bond donors (Lipinski definition) is 1. The lowest BCUT2D eigenvalue weighted by molar-refractivity contribution is 0.670. The number of nitrogens with two attached hydrogens (primary N) is 1. The lowest BCUT2D eigenvalue weighted by Crippen LogP contribution is -1.93. The zero-order chi connectivity index (χ0) is 33.9. The summed E-state index contributed by atoms with van der Waals surface area (Å²) in [6.45, 7) is 0. The van der Waals surface area contributed by atoms with Crippen molar-refractivity contribution < 1.29 is 4.42 Å². The zero-order valence-corrected chi connectivity index (χ0v) is 27.8. The molecule has 3 heteroatoms. The molecular formula is C48H32N2O. The van der Waals surface area contributed by atoms with Gasteiger partial charge in [-0.05, 0) is 93.5 Å². The maximum Gasteiger partial charge on any atom is 0.143 e. The molecule has 0 unspecified atom stereocenters. The Balaban J connectivity index is 1.07. The molecule has 240 valence electrons. The van der Waals surface area contributed by atoms with Gasteiger partial charge in [-0.15, -0.1) is 0 Å². The van der Waals surface area contributed by atoms with Gasteiger partial charge in [-0.1, -0.05) is 127 Å². The van der Waals surface area contributed by atoms with Crippen LogP contribution in [0.1, 0.15) is 0 Å². The largest absolute Gasteiger partial charge is 0.455 e. The maximum atomic E-state index is 6.35. The molecule has 0 spiro atoms. The Labute approximate surface area is 295 Å². The highest BCUT2D eigenvalue weighted by atomic mass is 16.3. The van der Waals surface area contributed by atoms with E-state index in [4.69, 9.17) is 10.2 Å². The van der Waals surface area contributed by atoms with Gasteiger partial charge in [0, 0.05) is 38.5 Å². The minimum atomic E-state index is 0.773. The zero-order valence-electron chi connectivity index (χ0n) is 27.8. The number of nitrogen functional groups attached to an aromatic ring is 1. The SMILES string of the molecule is Nc1ccc(-c2ccc(-c3ccc4c(c3)c3cc(-c5ccc(-c6cccc7c6oc6ccccc67)cc5)ccc3n4-c3ccccc3)cc2)cc1. The fourth-order valence-corrected chi connectivity index (χ4v) is 7.59. The predicted molar refractivity (Wildman–Crippen MR) is 214 cm³/mol. The molecule has 0 amide bonds. The van der Waals surface area contributed by atoms with E-state index < -0.39 is 0 Å². The quantitative estimate of drug-likeness (QED) is 0.188. The third-order valence-electron chi connectivity index (χ3n) is 10.2. The van der Waals surface area contributed by atoms with Crippen LogP contribution in [0.5, 0.6) is 0 Å². The summed E-state index contributed by atoms with van der Waals surface area (Å²) in [6, 6.07) is 64.7. The van der Waals surface area contributed by atoms with Crippen LogP contribution in [0.25, 0.3) is 93.9 Å². The Hall–Kier alpha value is -6.84. The van der Waals surface area contributed by atoms with Crippen LogP contribution < -0.4 is 5.73 Å². The van der Waals surface area contributed by atoms with E-state index in [0.29, 0.717) is 0 Å². The first-order valence-electron chi connectivity index (χ1n) is 17.3. The molecular weight excluding hydrogens is 621 g/mol. The second-order valence-corrected chi connectivity index (χ2v) is 13.2. The van der Waals surface area contributed by atoms with Crippen molar-refractivity contribution in [1.29, 1.82) is 0 Å². The van der Waals surface area contributed by atoms with Crippen LogP contribution in [0.15, 0.2) is 186 Å². The van der Waals surface area contributed by atoms with E-state index in [-0.39, 0.29) is 0 Å². The summed E-state index contributed by atoms with van der Waals surface area (Å²) in [6.07, 6.45) is 0. The summed E-state index contributed by atoms with van der Waals surface area (Å²) in [4.78, 5) is 0. The average molecular weight is 653 g/mol. The van der Waals surface area contributed by atoms with Crippen LogP contribution in [0.3, 0.4) is 0 Å². The van der Waals surface area contributed by atoms with Crippen molar-refractivity contribution in [1.82, 2.24) is 4.57 Å². The van der Waals surface area contributed by atoms with E-state index >= 15 is 0 Å². The van der Waals surface area contributed by atoms with Crippen molar-refractivity contribution in [3.63, 3.8) is 0 Å². The number of anilines is 1. The smallest absolute Gasteiger partial charge is 0.143 e. The van der Waals surface area contributed by atoms with Gasteiger partial charge in [0.25, 0.3) is 0 Å². The minimum absolute atomic E-state index is 0.773. The van der Waals surface area contributed by atoms with Gasteiger partial charge >= 0.3 is 0 Å². The van der Waals surface area contributed by atoms with Crippen LogP contribution in [-0.2, 0) is 0 Å². The number of rotatable bonds is 5. The van der Waals surface area contributed by atoms with E-state index in [1.54, 1.807) is 0 Å².